The Morgan fingerprint density at radius 1 is 1.00 bits per heavy atom. The standard InChI is InChI=1S/C20H23NO4S/c1-12-6-7-15(13(2)8-12)21-18(22)11-26-20(21)14-9-16(23-3)19(25-5)17(10-14)24-4/h6-10,20H,11H2,1-5H3. The van der Waals surface area contributed by atoms with Crippen LogP contribution in [0.5, 0.6) is 17.2 Å². The molecule has 0 bridgehead atoms. The van der Waals surface area contributed by atoms with Gasteiger partial charge in [0.25, 0.3) is 0 Å². The van der Waals surface area contributed by atoms with Gasteiger partial charge in [0.05, 0.1) is 27.1 Å². The van der Waals surface area contributed by atoms with E-state index in [-0.39, 0.29) is 11.3 Å². The quantitative estimate of drug-likeness (QED) is 0.789. The lowest BCUT2D eigenvalue weighted by molar-refractivity contribution is -0.115. The van der Waals surface area contributed by atoms with Crippen LogP contribution in [0, 0.1) is 13.8 Å². The Balaban J connectivity index is 2.08. The monoisotopic (exact) mass is 373 g/mol. The first kappa shape index (κ1) is 18.5. The van der Waals surface area contributed by atoms with Crippen LogP contribution in [0.1, 0.15) is 22.1 Å². The second-order valence-electron chi connectivity index (χ2n) is 6.18. The van der Waals surface area contributed by atoms with Crippen LogP contribution in [-0.2, 0) is 4.79 Å². The summed E-state index contributed by atoms with van der Waals surface area (Å²) < 4.78 is 16.3. The molecule has 0 N–H and O–H groups in total. The van der Waals surface area contributed by atoms with Crippen molar-refractivity contribution in [2.45, 2.75) is 19.2 Å². The van der Waals surface area contributed by atoms with Crippen molar-refractivity contribution in [2.24, 2.45) is 0 Å². The number of benzene rings is 2. The SMILES string of the molecule is COc1cc(C2SCC(=O)N2c2ccc(C)cc2C)cc(OC)c1OC. The molecular formula is C20H23NO4S. The fourth-order valence-electron chi connectivity index (χ4n) is 3.25. The van der Waals surface area contributed by atoms with Crippen molar-refractivity contribution in [1.82, 2.24) is 0 Å². The summed E-state index contributed by atoms with van der Waals surface area (Å²) in [5.41, 5.74) is 4.13. The van der Waals surface area contributed by atoms with Gasteiger partial charge in [0.1, 0.15) is 5.37 Å². The summed E-state index contributed by atoms with van der Waals surface area (Å²) in [4.78, 5) is 14.5. The molecule has 138 valence electrons. The number of hydrogen-bond donors (Lipinski definition) is 0. The summed E-state index contributed by atoms with van der Waals surface area (Å²) in [5.74, 6) is 2.26. The van der Waals surface area contributed by atoms with Gasteiger partial charge in [0.15, 0.2) is 11.5 Å². The molecule has 0 radical (unpaired) electrons. The number of anilines is 1. The van der Waals surface area contributed by atoms with Crippen molar-refractivity contribution < 1.29 is 19.0 Å². The third kappa shape index (κ3) is 3.21. The molecule has 26 heavy (non-hydrogen) atoms. The van der Waals surface area contributed by atoms with Crippen molar-refractivity contribution >= 4 is 23.4 Å². The summed E-state index contributed by atoms with van der Waals surface area (Å²) in [6.45, 7) is 4.08. The Morgan fingerprint density at radius 2 is 1.65 bits per heavy atom. The molecule has 1 heterocycles. The summed E-state index contributed by atoms with van der Waals surface area (Å²) in [5, 5.41) is -0.141. The van der Waals surface area contributed by atoms with Crippen LogP contribution in [0.4, 0.5) is 5.69 Å². The van der Waals surface area contributed by atoms with E-state index in [0.29, 0.717) is 23.0 Å². The molecule has 1 fully saturated rings. The van der Waals surface area contributed by atoms with E-state index in [0.717, 1.165) is 16.8 Å². The maximum atomic E-state index is 12.6. The molecule has 1 aliphatic heterocycles. The third-order valence-electron chi connectivity index (χ3n) is 4.45. The van der Waals surface area contributed by atoms with Gasteiger partial charge in [-0.25, -0.2) is 0 Å². The number of methoxy groups -OCH3 is 3. The van der Waals surface area contributed by atoms with Crippen molar-refractivity contribution in [2.75, 3.05) is 32.0 Å². The molecule has 2 aromatic carbocycles. The van der Waals surface area contributed by atoms with Crippen LogP contribution in [0.15, 0.2) is 30.3 Å². The molecule has 0 saturated carbocycles. The maximum Gasteiger partial charge on any atom is 0.238 e. The highest BCUT2D eigenvalue weighted by Crippen LogP contribution is 2.47. The smallest absolute Gasteiger partial charge is 0.238 e. The zero-order valence-electron chi connectivity index (χ0n) is 15.7. The minimum absolute atomic E-state index is 0.0979. The van der Waals surface area contributed by atoms with E-state index in [1.165, 1.54) is 5.56 Å². The fraction of sp³-hybridized carbons (Fsp3) is 0.350. The number of thioether (sulfide) groups is 1. The number of carbonyl (C=O) groups is 1. The Morgan fingerprint density at radius 3 is 2.19 bits per heavy atom. The largest absolute Gasteiger partial charge is 0.493 e. The molecule has 0 aromatic heterocycles. The Hall–Kier alpha value is -2.34. The first-order valence-corrected chi connectivity index (χ1v) is 9.35. The minimum Gasteiger partial charge on any atom is -0.493 e. The maximum absolute atomic E-state index is 12.6. The number of hydrogen-bond acceptors (Lipinski definition) is 5. The number of carbonyl (C=O) groups excluding carboxylic acids is 1. The van der Waals surface area contributed by atoms with Gasteiger partial charge in [-0.15, -0.1) is 11.8 Å². The predicted molar refractivity (Wildman–Crippen MR) is 105 cm³/mol. The second kappa shape index (κ2) is 7.50. The molecule has 1 aliphatic rings. The van der Waals surface area contributed by atoms with E-state index >= 15 is 0 Å². The lowest BCUT2D eigenvalue weighted by Crippen LogP contribution is -2.28. The normalized spacial score (nSPS) is 16.7. The average molecular weight is 373 g/mol. The molecule has 1 atom stereocenters. The van der Waals surface area contributed by atoms with Crippen molar-refractivity contribution in [3.05, 3.63) is 47.0 Å². The highest BCUT2D eigenvalue weighted by Gasteiger charge is 2.36. The summed E-state index contributed by atoms with van der Waals surface area (Å²) in [6.07, 6.45) is 0. The molecule has 2 aromatic rings. The topological polar surface area (TPSA) is 48.0 Å². The Labute approximate surface area is 158 Å². The Bertz CT molecular complexity index is 812. The molecular weight excluding hydrogens is 350 g/mol. The van der Waals surface area contributed by atoms with Gasteiger partial charge in [0.2, 0.25) is 11.7 Å². The zero-order chi connectivity index (χ0) is 18.8. The average Bonchev–Trinajstić information content (AvgIpc) is 3.01. The molecule has 1 saturated heterocycles. The number of nitrogens with zero attached hydrogens (tertiary/aromatic N) is 1. The van der Waals surface area contributed by atoms with Gasteiger partial charge in [0, 0.05) is 5.69 Å². The number of amides is 1. The first-order chi connectivity index (χ1) is 12.5. The van der Waals surface area contributed by atoms with Crippen LogP contribution in [0.3, 0.4) is 0 Å². The highest BCUT2D eigenvalue weighted by atomic mass is 32.2. The number of ether oxygens (including phenoxy) is 3. The number of rotatable bonds is 5. The van der Waals surface area contributed by atoms with Gasteiger partial charge < -0.3 is 14.2 Å². The zero-order valence-corrected chi connectivity index (χ0v) is 16.5. The summed E-state index contributed by atoms with van der Waals surface area (Å²) in [7, 11) is 4.77. The molecule has 0 aliphatic carbocycles. The summed E-state index contributed by atoms with van der Waals surface area (Å²) >= 11 is 1.60. The van der Waals surface area contributed by atoms with Crippen LogP contribution < -0.4 is 19.1 Å². The lowest BCUT2D eigenvalue weighted by atomic mass is 10.1. The highest BCUT2D eigenvalue weighted by molar-refractivity contribution is 8.00. The van der Waals surface area contributed by atoms with E-state index in [4.69, 9.17) is 14.2 Å². The van der Waals surface area contributed by atoms with Gasteiger partial charge in [-0.3, -0.25) is 9.69 Å². The molecule has 1 amide bonds. The first-order valence-electron chi connectivity index (χ1n) is 8.31. The van der Waals surface area contributed by atoms with Gasteiger partial charge in [-0.05, 0) is 43.2 Å². The fourth-order valence-corrected chi connectivity index (χ4v) is 4.40. The van der Waals surface area contributed by atoms with Crippen LogP contribution >= 0.6 is 11.8 Å². The van der Waals surface area contributed by atoms with E-state index in [2.05, 4.69) is 6.07 Å². The summed E-state index contributed by atoms with van der Waals surface area (Å²) in [6, 6.07) is 9.96. The van der Waals surface area contributed by atoms with Crippen molar-refractivity contribution in [3.8, 4) is 17.2 Å². The minimum atomic E-state index is -0.141. The van der Waals surface area contributed by atoms with E-state index in [1.807, 2.05) is 43.0 Å². The Kier molecular flexibility index (Phi) is 5.32. The number of aryl methyl sites for hydroxylation is 2. The van der Waals surface area contributed by atoms with E-state index in [9.17, 15) is 4.79 Å². The van der Waals surface area contributed by atoms with Crippen LogP contribution in [0.25, 0.3) is 0 Å². The van der Waals surface area contributed by atoms with E-state index in [1.54, 1.807) is 33.1 Å². The van der Waals surface area contributed by atoms with Crippen LogP contribution in [0.2, 0.25) is 0 Å². The van der Waals surface area contributed by atoms with Crippen LogP contribution in [-0.4, -0.2) is 33.0 Å². The second-order valence-corrected chi connectivity index (χ2v) is 7.24. The van der Waals surface area contributed by atoms with Crippen molar-refractivity contribution in [3.63, 3.8) is 0 Å². The van der Waals surface area contributed by atoms with Crippen molar-refractivity contribution in [1.29, 1.82) is 0 Å². The molecule has 1 unspecified atom stereocenters. The molecule has 6 heteroatoms. The predicted octanol–water partition coefficient (Wildman–Crippen LogP) is 4.11. The third-order valence-corrected chi connectivity index (χ3v) is 5.66. The molecule has 0 spiro atoms. The van der Waals surface area contributed by atoms with Gasteiger partial charge >= 0.3 is 0 Å². The molecule has 5 nitrogen and oxygen atoms in total. The lowest BCUT2D eigenvalue weighted by Gasteiger charge is -2.27. The molecule has 3 rings (SSSR count). The van der Waals surface area contributed by atoms with E-state index < -0.39 is 0 Å². The van der Waals surface area contributed by atoms with Gasteiger partial charge in [-0.2, -0.15) is 0 Å². The van der Waals surface area contributed by atoms with Gasteiger partial charge in [-0.1, -0.05) is 17.7 Å².